The van der Waals surface area contributed by atoms with Crippen molar-refractivity contribution in [1.82, 2.24) is 15.5 Å². The fourth-order valence-electron chi connectivity index (χ4n) is 2.97. The van der Waals surface area contributed by atoms with Gasteiger partial charge < -0.3 is 10.1 Å². The van der Waals surface area contributed by atoms with Crippen LogP contribution in [0.15, 0.2) is 42.5 Å². The molecular weight excluding hydrogens is 350 g/mol. The molecule has 1 amide bonds. The van der Waals surface area contributed by atoms with E-state index in [0.717, 1.165) is 27.6 Å². The molecule has 0 fully saturated rings. The summed E-state index contributed by atoms with van der Waals surface area (Å²) in [7, 11) is 0. The summed E-state index contributed by atoms with van der Waals surface area (Å²) in [5.41, 5.74) is 4.18. The number of rotatable bonds is 6. The van der Waals surface area contributed by atoms with Gasteiger partial charge in [0.15, 0.2) is 6.61 Å². The molecule has 146 valence electrons. The second kappa shape index (κ2) is 8.38. The molecule has 0 aliphatic heterocycles. The van der Waals surface area contributed by atoms with E-state index in [2.05, 4.69) is 61.4 Å². The van der Waals surface area contributed by atoms with Gasteiger partial charge in [-0.05, 0) is 44.4 Å². The van der Waals surface area contributed by atoms with E-state index in [1.165, 1.54) is 5.56 Å². The molecule has 28 heavy (non-hydrogen) atoms. The van der Waals surface area contributed by atoms with Crippen LogP contribution >= 0.6 is 0 Å². The Bertz CT molecular complexity index is 998. The lowest BCUT2D eigenvalue weighted by Crippen LogP contribution is -2.39. The summed E-state index contributed by atoms with van der Waals surface area (Å²) in [6.45, 7) is 10.2. The van der Waals surface area contributed by atoms with Crippen LogP contribution in [-0.4, -0.2) is 28.8 Å². The van der Waals surface area contributed by atoms with Gasteiger partial charge in [0, 0.05) is 22.4 Å². The molecule has 0 saturated carbocycles. The van der Waals surface area contributed by atoms with Crippen LogP contribution in [0.3, 0.4) is 0 Å². The number of carbonyl (C=O) groups excluding carboxylic acids is 1. The number of aromatic nitrogens is 2. The number of benzene rings is 2. The Morgan fingerprint density at radius 3 is 2.46 bits per heavy atom. The van der Waals surface area contributed by atoms with Crippen molar-refractivity contribution in [1.29, 1.82) is 0 Å². The maximum atomic E-state index is 12.2. The van der Waals surface area contributed by atoms with E-state index in [4.69, 9.17) is 4.74 Å². The lowest BCUT2D eigenvalue weighted by atomic mass is 9.99. The molecule has 2 aromatic carbocycles. The predicted molar refractivity (Wildman–Crippen MR) is 112 cm³/mol. The summed E-state index contributed by atoms with van der Waals surface area (Å²) in [4.78, 5) is 12.2. The summed E-state index contributed by atoms with van der Waals surface area (Å²) >= 11 is 0. The fourth-order valence-corrected chi connectivity index (χ4v) is 2.97. The van der Waals surface area contributed by atoms with Gasteiger partial charge in [0.25, 0.3) is 5.91 Å². The van der Waals surface area contributed by atoms with Crippen LogP contribution in [0.5, 0.6) is 5.88 Å². The Morgan fingerprint density at radius 2 is 1.75 bits per heavy atom. The Balaban J connectivity index is 1.90. The predicted octanol–water partition coefficient (Wildman–Crippen LogP) is 4.45. The van der Waals surface area contributed by atoms with E-state index in [0.29, 0.717) is 11.8 Å². The normalized spacial score (nSPS) is 12.2. The van der Waals surface area contributed by atoms with Gasteiger partial charge in [-0.1, -0.05) is 49.7 Å². The van der Waals surface area contributed by atoms with Gasteiger partial charge in [0.2, 0.25) is 5.88 Å². The molecule has 3 rings (SSSR count). The third kappa shape index (κ3) is 4.30. The highest BCUT2D eigenvalue weighted by Gasteiger charge is 2.16. The monoisotopic (exact) mass is 377 g/mol. The minimum atomic E-state index is -0.161. The molecule has 1 N–H and O–H groups in total. The molecule has 0 radical (unpaired) electrons. The van der Waals surface area contributed by atoms with Crippen LogP contribution in [0.25, 0.3) is 22.0 Å². The Labute approximate surface area is 166 Å². The van der Waals surface area contributed by atoms with Crippen LogP contribution < -0.4 is 10.1 Å². The number of nitrogens with one attached hydrogen (secondary N) is 1. The van der Waals surface area contributed by atoms with E-state index in [1.807, 2.05) is 31.2 Å². The first-order valence-electron chi connectivity index (χ1n) is 9.62. The van der Waals surface area contributed by atoms with Gasteiger partial charge in [-0.3, -0.25) is 4.79 Å². The molecule has 5 heteroatoms. The molecule has 5 nitrogen and oxygen atoms in total. The lowest BCUT2D eigenvalue weighted by Gasteiger charge is -2.17. The number of ether oxygens (including phenoxy) is 1. The van der Waals surface area contributed by atoms with Crippen molar-refractivity contribution in [2.45, 2.75) is 40.7 Å². The highest BCUT2D eigenvalue weighted by molar-refractivity contribution is 5.97. The Morgan fingerprint density at radius 1 is 1.04 bits per heavy atom. The lowest BCUT2D eigenvalue weighted by molar-refractivity contribution is -0.124. The maximum absolute atomic E-state index is 12.2. The second-order valence-corrected chi connectivity index (χ2v) is 7.61. The summed E-state index contributed by atoms with van der Waals surface area (Å²) in [6.07, 6.45) is 0. The minimum absolute atomic E-state index is 0.0848. The van der Waals surface area contributed by atoms with E-state index >= 15 is 0 Å². The van der Waals surface area contributed by atoms with Crippen molar-refractivity contribution in [2.75, 3.05) is 6.61 Å². The van der Waals surface area contributed by atoms with Gasteiger partial charge in [-0.2, -0.15) is 0 Å². The highest BCUT2D eigenvalue weighted by atomic mass is 16.5. The number of hydrogen-bond donors (Lipinski definition) is 1. The number of carbonyl (C=O) groups is 1. The summed E-state index contributed by atoms with van der Waals surface area (Å²) in [5.74, 6) is 0.573. The molecule has 1 aromatic heterocycles. The Kier molecular flexibility index (Phi) is 5.93. The molecule has 0 aliphatic carbocycles. The van der Waals surface area contributed by atoms with Crippen molar-refractivity contribution >= 4 is 16.7 Å². The number of aryl methyl sites for hydroxylation is 2. The molecular formula is C23H27N3O2. The van der Waals surface area contributed by atoms with E-state index in [1.54, 1.807) is 0 Å². The van der Waals surface area contributed by atoms with E-state index < -0.39 is 0 Å². The average molecular weight is 377 g/mol. The zero-order valence-corrected chi connectivity index (χ0v) is 17.1. The third-order valence-electron chi connectivity index (χ3n) is 5.03. The molecule has 1 atom stereocenters. The van der Waals surface area contributed by atoms with E-state index in [-0.39, 0.29) is 18.6 Å². The quantitative estimate of drug-likeness (QED) is 0.689. The largest absolute Gasteiger partial charge is 0.466 e. The van der Waals surface area contributed by atoms with Crippen molar-refractivity contribution in [3.8, 4) is 17.1 Å². The highest BCUT2D eigenvalue weighted by Crippen LogP contribution is 2.32. The number of fused-ring (bicyclic) bond motifs is 1. The maximum Gasteiger partial charge on any atom is 0.258 e. The van der Waals surface area contributed by atoms with Gasteiger partial charge in [0.1, 0.15) is 5.69 Å². The molecule has 0 aliphatic rings. The van der Waals surface area contributed by atoms with Crippen LogP contribution in [0.1, 0.15) is 31.9 Å². The topological polar surface area (TPSA) is 64.1 Å². The first kappa shape index (κ1) is 19.8. The molecule has 3 aromatic rings. The molecule has 1 heterocycles. The molecule has 0 saturated heterocycles. The smallest absolute Gasteiger partial charge is 0.258 e. The third-order valence-corrected chi connectivity index (χ3v) is 5.03. The van der Waals surface area contributed by atoms with Crippen molar-refractivity contribution < 1.29 is 9.53 Å². The fraction of sp³-hybridized carbons (Fsp3) is 0.348. The van der Waals surface area contributed by atoms with Gasteiger partial charge in [-0.25, -0.2) is 0 Å². The second-order valence-electron chi connectivity index (χ2n) is 7.61. The number of hydrogen-bond acceptors (Lipinski definition) is 4. The van der Waals surface area contributed by atoms with Crippen molar-refractivity contribution in [2.24, 2.45) is 5.92 Å². The van der Waals surface area contributed by atoms with Gasteiger partial charge in [-0.15, -0.1) is 10.2 Å². The number of nitrogens with zero attached hydrogens (tertiary/aromatic N) is 2. The van der Waals surface area contributed by atoms with Crippen LogP contribution in [-0.2, 0) is 4.79 Å². The minimum Gasteiger partial charge on any atom is -0.466 e. The Hall–Kier alpha value is -2.95. The zero-order valence-electron chi connectivity index (χ0n) is 17.1. The molecule has 0 spiro atoms. The summed E-state index contributed by atoms with van der Waals surface area (Å²) in [6, 6.07) is 14.2. The summed E-state index contributed by atoms with van der Waals surface area (Å²) < 4.78 is 5.72. The zero-order chi connectivity index (χ0) is 20.3. The van der Waals surface area contributed by atoms with Gasteiger partial charge in [0.05, 0.1) is 0 Å². The van der Waals surface area contributed by atoms with Crippen molar-refractivity contribution in [3.05, 3.63) is 53.6 Å². The standard InChI is InChI=1S/C23H27N3O2/c1-14(2)17(5)24-21(27)13-28-23-19-9-7-6-8-18(19)22(25-26-23)20-12-15(3)10-11-16(20)4/h6-12,14,17H,13H2,1-5H3,(H,24,27). The number of amides is 1. The van der Waals surface area contributed by atoms with Crippen LogP contribution in [0.4, 0.5) is 0 Å². The average Bonchev–Trinajstić information content (AvgIpc) is 2.68. The van der Waals surface area contributed by atoms with Crippen molar-refractivity contribution in [3.63, 3.8) is 0 Å². The van der Waals surface area contributed by atoms with Crippen LogP contribution in [0, 0.1) is 19.8 Å². The van der Waals surface area contributed by atoms with Crippen LogP contribution in [0.2, 0.25) is 0 Å². The first-order valence-corrected chi connectivity index (χ1v) is 9.62. The summed E-state index contributed by atoms with van der Waals surface area (Å²) in [5, 5.41) is 13.5. The van der Waals surface area contributed by atoms with Gasteiger partial charge >= 0.3 is 0 Å². The first-order chi connectivity index (χ1) is 13.4. The van der Waals surface area contributed by atoms with E-state index in [9.17, 15) is 4.79 Å². The molecule has 1 unspecified atom stereocenters. The molecule has 0 bridgehead atoms. The SMILES string of the molecule is Cc1ccc(C)c(-c2nnc(OCC(=O)NC(C)C(C)C)c3ccccc23)c1.